The summed E-state index contributed by atoms with van der Waals surface area (Å²) < 4.78 is 22.6. The molecule has 0 saturated heterocycles. The summed E-state index contributed by atoms with van der Waals surface area (Å²) in [6.45, 7) is 3.31. The summed E-state index contributed by atoms with van der Waals surface area (Å²) in [6, 6.07) is 1.98. The van der Waals surface area contributed by atoms with Crippen molar-refractivity contribution in [2.45, 2.75) is 31.4 Å². The monoisotopic (exact) mass is 231 g/mol. The molecule has 1 aliphatic carbocycles. The van der Waals surface area contributed by atoms with Crippen molar-refractivity contribution in [2.75, 3.05) is 12.4 Å². The van der Waals surface area contributed by atoms with E-state index in [0.29, 0.717) is 6.42 Å². The van der Waals surface area contributed by atoms with Gasteiger partial charge in [0.1, 0.15) is 0 Å². The molecule has 1 rings (SSSR count). The van der Waals surface area contributed by atoms with Crippen molar-refractivity contribution in [3.63, 3.8) is 0 Å². The Morgan fingerprint density at radius 2 is 2.20 bits per heavy atom. The molecular weight excluding hydrogens is 214 g/mol. The highest BCUT2D eigenvalue weighted by atomic mass is 32.2. The van der Waals surface area contributed by atoms with Crippen molar-refractivity contribution in [3.05, 3.63) is 0 Å². The third kappa shape index (κ3) is 1.77. The predicted octanol–water partition coefficient (Wildman–Crippen LogP) is 0.722. The Morgan fingerprint density at radius 1 is 1.60 bits per heavy atom. The van der Waals surface area contributed by atoms with E-state index in [4.69, 9.17) is 10.4 Å². The number of aliphatic hydroxyl groups excluding tert-OH is 1. The van der Waals surface area contributed by atoms with Gasteiger partial charge in [0.25, 0.3) is 0 Å². The molecule has 1 fully saturated rings. The van der Waals surface area contributed by atoms with Crippen LogP contribution in [-0.4, -0.2) is 30.6 Å². The number of aliphatic hydroxyl groups is 1. The number of nitrogens with zero attached hydrogens (tertiary/aromatic N) is 1. The summed E-state index contributed by atoms with van der Waals surface area (Å²) in [7, 11) is -3.37. The molecule has 0 amide bonds. The van der Waals surface area contributed by atoms with Gasteiger partial charge in [-0.25, -0.2) is 8.42 Å². The Morgan fingerprint density at radius 3 is 2.53 bits per heavy atom. The fourth-order valence-corrected chi connectivity index (χ4v) is 4.31. The molecule has 1 N–H and O–H groups in total. The maximum absolute atomic E-state index is 11.9. The Labute approximate surface area is 90.8 Å². The minimum atomic E-state index is -3.37. The highest BCUT2D eigenvalue weighted by Crippen LogP contribution is 2.44. The summed E-state index contributed by atoms with van der Waals surface area (Å²) in [5, 5.41) is 18.2. The van der Waals surface area contributed by atoms with Crippen LogP contribution >= 0.6 is 0 Å². The average Bonchev–Trinajstić information content (AvgIpc) is 2.56. The largest absolute Gasteiger partial charge is 0.396 e. The first-order chi connectivity index (χ1) is 6.93. The Kier molecular flexibility index (Phi) is 3.41. The van der Waals surface area contributed by atoms with E-state index in [1.807, 2.05) is 6.07 Å². The Hall–Kier alpha value is -0.600. The molecule has 4 nitrogen and oxygen atoms in total. The smallest absolute Gasteiger partial charge is 0.169 e. The van der Waals surface area contributed by atoms with Crippen molar-refractivity contribution in [3.8, 4) is 6.07 Å². The third-order valence-electron chi connectivity index (χ3n) is 3.46. The molecule has 0 spiro atoms. The minimum Gasteiger partial charge on any atom is -0.396 e. The molecule has 1 saturated carbocycles. The first kappa shape index (κ1) is 12.5. The van der Waals surface area contributed by atoms with E-state index in [9.17, 15) is 8.42 Å². The molecule has 5 heteroatoms. The predicted molar refractivity (Wildman–Crippen MR) is 56.8 cm³/mol. The molecule has 0 heterocycles. The highest BCUT2D eigenvalue weighted by Gasteiger charge is 2.53. The fourth-order valence-electron chi connectivity index (χ4n) is 2.46. The summed E-state index contributed by atoms with van der Waals surface area (Å²) in [5.74, 6) is -0.256. The van der Waals surface area contributed by atoms with Crippen molar-refractivity contribution in [2.24, 2.45) is 11.8 Å². The normalized spacial score (nSPS) is 36.4. The van der Waals surface area contributed by atoms with Gasteiger partial charge in [0, 0.05) is 12.4 Å². The molecule has 0 bridgehead atoms. The lowest BCUT2D eigenvalue weighted by atomic mass is 9.99. The third-order valence-corrected chi connectivity index (χ3v) is 5.99. The van der Waals surface area contributed by atoms with Crippen LogP contribution in [0.2, 0.25) is 0 Å². The zero-order valence-electron chi connectivity index (χ0n) is 9.10. The van der Waals surface area contributed by atoms with Gasteiger partial charge < -0.3 is 5.11 Å². The molecule has 0 radical (unpaired) electrons. The number of rotatable bonds is 3. The second kappa shape index (κ2) is 4.11. The molecule has 3 atom stereocenters. The quantitative estimate of drug-likeness (QED) is 0.776. The summed E-state index contributed by atoms with van der Waals surface area (Å²) in [5.41, 5.74) is 0. The van der Waals surface area contributed by atoms with Gasteiger partial charge >= 0.3 is 0 Å². The van der Waals surface area contributed by atoms with Gasteiger partial charge in [-0.2, -0.15) is 5.26 Å². The van der Waals surface area contributed by atoms with Crippen LogP contribution in [0.25, 0.3) is 0 Å². The lowest BCUT2D eigenvalue weighted by molar-refractivity contribution is 0.226. The second-order valence-corrected chi connectivity index (χ2v) is 6.83. The van der Waals surface area contributed by atoms with Crippen LogP contribution in [0, 0.1) is 23.2 Å². The first-order valence-electron chi connectivity index (χ1n) is 5.18. The van der Waals surface area contributed by atoms with Crippen molar-refractivity contribution < 1.29 is 13.5 Å². The lowest BCUT2D eigenvalue weighted by Crippen LogP contribution is -2.41. The second-order valence-electron chi connectivity index (χ2n) is 4.29. The molecule has 86 valence electrons. The van der Waals surface area contributed by atoms with Crippen LogP contribution in [0.4, 0.5) is 0 Å². The van der Waals surface area contributed by atoms with Gasteiger partial charge in [-0.1, -0.05) is 13.8 Å². The summed E-state index contributed by atoms with van der Waals surface area (Å²) >= 11 is 0. The topological polar surface area (TPSA) is 78.2 Å². The van der Waals surface area contributed by atoms with Crippen LogP contribution in [0.15, 0.2) is 0 Å². The van der Waals surface area contributed by atoms with Crippen molar-refractivity contribution in [1.29, 1.82) is 5.26 Å². The van der Waals surface area contributed by atoms with Crippen LogP contribution in [0.3, 0.4) is 0 Å². The van der Waals surface area contributed by atoms with Gasteiger partial charge in [0.2, 0.25) is 0 Å². The van der Waals surface area contributed by atoms with Gasteiger partial charge in [0.15, 0.2) is 14.6 Å². The van der Waals surface area contributed by atoms with E-state index < -0.39 is 14.6 Å². The van der Waals surface area contributed by atoms with Gasteiger partial charge in [-0.3, -0.25) is 0 Å². The maximum atomic E-state index is 11.9. The van der Waals surface area contributed by atoms with Gasteiger partial charge in [0.05, 0.1) is 6.07 Å². The van der Waals surface area contributed by atoms with Crippen molar-refractivity contribution >= 4 is 9.84 Å². The summed E-state index contributed by atoms with van der Waals surface area (Å²) in [4.78, 5) is 0. The van der Waals surface area contributed by atoms with E-state index in [-0.39, 0.29) is 30.6 Å². The van der Waals surface area contributed by atoms with Crippen molar-refractivity contribution in [1.82, 2.24) is 0 Å². The molecule has 0 aromatic carbocycles. The van der Waals surface area contributed by atoms with Gasteiger partial charge in [-0.05, 0) is 24.7 Å². The molecule has 0 aliphatic heterocycles. The van der Waals surface area contributed by atoms with E-state index in [0.717, 1.165) is 0 Å². The molecule has 0 aromatic rings. The standard InChI is InChI=1S/C10H17NO3S/c1-3-15(13,14)10(7-11)5-9(6-12)4-8(10)2/h8-9,12H,3-6H2,1-2H3/t8-,9+,10+/m1/s1. The molecule has 0 aromatic heterocycles. The van der Waals surface area contributed by atoms with Crippen LogP contribution < -0.4 is 0 Å². The van der Waals surface area contributed by atoms with Crippen LogP contribution in [0.5, 0.6) is 0 Å². The Bertz CT molecular complexity index is 371. The van der Waals surface area contributed by atoms with E-state index in [1.54, 1.807) is 13.8 Å². The van der Waals surface area contributed by atoms with E-state index in [1.165, 1.54) is 0 Å². The number of sulfone groups is 1. The number of nitriles is 1. The van der Waals surface area contributed by atoms with Gasteiger partial charge in [-0.15, -0.1) is 0 Å². The maximum Gasteiger partial charge on any atom is 0.169 e. The lowest BCUT2D eigenvalue weighted by Gasteiger charge is -2.25. The molecular formula is C10H17NO3S. The average molecular weight is 231 g/mol. The number of hydrogen-bond acceptors (Lipinski definition) is 4. The van der Waals surface area contributed by atoms with Crippen LogP contribution in [-0.2, 0) is 9.84 Å². The zero-order chi connectivity index (χ0) is 11.7. The Balaban J connectivity index is 3.14. The van der Waals surface area contributed by atoms with E-state index >= 15 is 0 Å². The zero-order valence-corrected chi connectivity index (χ0v) is 9.92. The fraction of sp³-hybridized carbons (Fsp3) is 0.900. The summed E-state index contributed by atoms with van der Waals surface area (Å²) in [6.07, 6.45) is 0.890. The molecule has 1 aliphatic rings. The molecule has 0 unspecified atom stereocenters. The molecule has 15 heavy (non-hydrogen) atoms. The number of hydrogen-bond donors (Lipinski definition) is 1. The highest BCUT2D eigenvalue weighted by molar-refractivity contribution is 7.93. The SMILES string of the molecule is CCS(=O)(=O)[C@]1(C#N)C[C@@H](CO)C[C@H]1C. The minimum absolute atomic E-state index is 0.0109. The van der Waals surface area contributed by atoms with E-state index in [2.05, 4.69) is 0 Å². The first-order valence-corrected chi connectivity index (χ1v) is 6.83. The van der Waals surface area contributed by atoms with Crippen LogP contribution in [0.1, 0.15) is 26.7 Å².